The van der Waals surface area contributed by atoms with E-state index in [1.807, 2.05) is 6.92 Å². The molecule has 0 aromatic carbocycles. The van der Waals surface area contributed by atoms with E-state index in [0.29, 0.717) is 13.0 Å². The lowest BCUT2D eigenvalue weighted by atomic mass is 9.98. The molecule has 0 aromatic heterocycles. The van der Waals surface area contributed by atoms with Gasteiger partial charge in [-0.05, 0) is 32.7 Å². The molecule has 0 rings (SSSR count). The van der Waals surface area contributed by atoms with Gasteiger partial charge in [0, 0.05) is 13.2 Å². The molecule has 4 heteroatoms. The van der Waals surface area contributed by atoms with Crippen molar-refractivity contribution in [2.24, 2.45) is 0 Å². The van der Waals surface area contributed by atoms with Crippen LogP contribution in [0.4, 0.5) is 0 Å². The molecule has 19 heavy (non-hydrogen) atoms. The summed E-state index contributed by atoms with van der Waals surface area (Å²) >= 11 is 0. The smallest absolute Gasteiger partial charge is 0.323 e. The summed E-state index contributed by atoms with van der Waals surface area (Å²) in [4.78, 5) is 11.2. The highest BCUT2D eigenvalue weighted by Gasteiger charge is 2.31. The molecule has 0 fully saturated rings. The molecule has 0 aliphatic carbocycles. The number of carboxylic acid groups (broad SMARTS) is 1. The minimum atomic E-state index is -0.863. The fourth-order valence-corrected chi connectivity index (χ4v) is 1.86. The molecule has 1 unspecified atom stereocenters. The third-order valence-corrected chi connectivity index (χ3v) is 3.38. The Morgan fingerprint density at radius 1 is 1.11 bits per heavy atom. The zero-order valence-corrected chi connectivity index (χ0v) is 12.8. The number of unbranched alkanes of at least 4 members (excludes halogenated alkanes) is 4. The van der Waals surface area contributed by atoms with Gasteiger partial charge in [-0.15, -0.1) is 0 Å². The van der Waals surface area contributed by atoms with E-state index < -0.39 is 11.5 Å². The fraction of sp³-hybridized carbons (Fsp3) is 0.933. The van der Waals surface area contributed by atoms with Crippen molar-refractivity contribution in [3.63, 3.8) is 0 Å². The van der Waals surface area contributed by atoms with Gasteiger partial charge in [-0.25, -0.2) is 0 Å². The summed E-state index contributed by atoms with van der Waals surface area (Å²) in [6.45, 7) is 7.94. The molecular weight excluding hydrogens is 242 g/mol. The molecule has 0 aromatic rings. The van der Waals surface area contributed by atoms with Crippen LogP contribution in [-0.4, -0.2) is 36.4 Å². The highest BCUT2D eigenvalue weighted by molar-refractivity contribution is 5.78. The summed E-state index contributed by atoms with van der Waals surface area (Å²) in [6, 6.07) is 0. The van der Waals surface area contributed by atoms with Crippen LogP contribution in [0.2, 0.25) is 0 Å². The quantitative estimate of drug-likeness (QED) is 0.506. The molecule has 0 aliphatic heterocycles. The number of aliphatic carboxylic acids is 1. The molecule has 0 saturated heterocycles. The van der Waals surface area contributed by atoms with Crippen LogP contribution in [0.5, 0.6) is 0 Å². The van der Waals surface area contributed by atoms with Gasteiger partial charge in [0.05, 0.1) is 0 Å². The average Bonchev–Trinajstić information content (AvgIpc) is 2.39. The predicted octanol–water partition coefficient (Wildman–Crippen LogP) is 3.21. The van der Waals surface area contributed by atoms with E-state index in [1.54, 1.807) is 6.92 Å². The van der Waals surface area contributed by atoms with E-state index in [4.69, 9.17) is 4.74 Å². The summed E-state index contributed by atoms with van der Waals surface area (Å²) in [5.74, 6) is -0.799. The van der Waals surface area contributed by atoms with Gasteiger partial charge in [0.25, 0.3) is 0 Å². The van der Waals surface area contributed by atoms with Crippen LogP contribution in [0, 0.1) is 0 Å². The third-order valence-electron chi connectivity index (χ3n) is 3.38. The number of hydrogen-bond donors (Lipinski definition) is 2. The van der Waals surface area contributed by atoms with Crippen molar-refractivity contribution in [1.29, 1.82) is 0 Å². The van der Waals surface area contributed by atoms with Crippen molar-refractivity contribution in [3.8, 4) is 0 Å². The topological polar surface area (TPSA) is 58.6 Å². The van der Waals surface area contributed by atoms with Crippen LogP contribution in [0.15, 0.2) is 0 Å². The third kappa shape index (κ3) is 9.00. The highest BCUT2D eigenvalue weighted by Crippen LogP contribution is 2.11. The molecule has 2 N–H and O–H groups in total. The number of carbonyl (C=O) groups is 1. The zero-order chi connectivity index (χ0) is 14.6. The maximum absolute atomic E-state index is 11.2. The first-order valence-electron chi connectivity index (χ1n) is 7.63. The minimum absolute atomic E-state index is 0.507. The van der Waals surface area contributed by atoms with Crippen LogP contribution < -0.4 is 5.32 Å². The van der Waals surface area contributed by atoms with E-state index in [0.717, 1.165) is 26.0 Å². The van der Waals surface area contributed by atoms with E-state index in [1.165, 1.54) is 25.7 Å². The first-order chi connectivity index (χ1) is 9.06. The van der Waals surface area contributed by atoms with E-state index in [2.05, 4.69) is 12.2 Å². The number of carboxylic acids is 1. The Balaban J connectivity index is 3.67. The summed E-state index contributed by atoms with van der Waals surface area (Å²) in [5, 5.41) is 12.3. The normalized spacial score (nSPS) is 14.3. The lowest BCUT2D eigenvalue weighted by molar-refractivity contribution is -0.145. The van der Waals surface area contributed by atoms with Crippen LogP contribution in [0.1, 0.15) is 65.7 Å². The molecule has 114 valence electrons. The second-order valence-corrected chi connectivity index (χ2v) is 5.34. The monoisotopic (exact) mass is 273 g/mol. The molecule has 0 amide bonds. The van der Waals surface area contributed by atoms with Crippen molar-refractivity contribution in [3.05, 3.63) is 0 Å². The molecule has 0 spiro atoms. The van der Waals surface area contributed by atoms with Crippen molar-refractivity contribution in [2.45, 2.75) is 71.3 Å². The summed E-state index contributed by atoms with van der Waals surface area (Å²) in [6.07, 6.45) is 7.53. The van der Waals surface area contributed by atoms with E-state index in [-0.39, 0.29) is 0 Å². The molecule has 4 nitrogen and oxygen atoms in total. The average molecular weight is 273 g/mol. The second kappa shape index (κ2) is 11.2. The molecule has 0 radical (unpaired) electrons. The molecule has 0 aliphatic rings. The zero-order valence-electron chi connectivity index (χ0n) is 12.8. The Hall–Kier alpha value is -0.610. The Morgan fingerprint density at radius 2 is 1.79 bits per heavy atom. The van der Waals surface area contributed by atoms with Gasteiger partial charge in [-0.3, -0.25) is 4.79 Å². The predicted molar refractivity (Wildman–Crippen MR) is 78.5 cm³/mol. The van der Waals surface area contributed by atoms with E-state index in [9.17, 15) is 9.90 Å². The number of ether oxygens (including phenoxy) is 1. The minimum Gasteiger partial charge on any atom is -0.480 e. The number of hydrogen-bond acceptors (Lipinski definition) is 3. The Morgan fingerprint density at radius 3 is 2.37 bits per heavy atom. The maximum Gasteiger partial charge on any atom is 0.323 e. The first kappa shape index (κ1) is 18.4. The van der Waals surface area contributed by atoms with Gasteiger partial charge in [-0.2, -0.15) is 0 Å². The van der Waals surface area contributed by atoms with Gasteiger partial charge in [0.2, 0.25) is 0 Å². The second-order valence-electron chi connectivity index (χ2n) is 5.34. The Labute approximate surface area is 117 Å². The molecule has 0 bridgehead atoms. The lowest BCUT2D eigenvalue weighted by Gasteiger charge is -2.26. The summed E-state index contributed by atoms with van der Waals surface area (Å²) in [5.41, 5.74) is -0.863. The van der Waals surface area contributed by atoms with E-state index >= 15 is 0 Å². The van der Waals surface area contributed by atoms with Gasteiger partial charge in [0.1, 0.15) is 5.54 Å². The fourth-order valence-electron chi connectivity index (χ4n) is 1.86. The van der Waals surface area contributed by atoms with Crippen LogP contribution in [-0.2, 0) is 9.53 Å². The SMILES string of the molecule is CCCCCCCOCCC(C)(NCCC)C(=O)O. The Kier molecular flexibility index (Phi) is 10.9. The van der Waals surface area contributed by atoms with Crippen LogP contribution in [0.25, 0.3) is 0 Å². The molecule has 0 saturated carbocycles. The molecule has 0 heterocycles. The first-order valence-corrected chi connectivity index (χ1v) is 7.63. The van der Waals surface area contributed by atoms with Crippen molar-refractivity contribution >= 4 is 5.97 Å². The molecule has 1 atom stereocenters. The number of rotatable bonds is 13. The largest absolute Gasteiger partial charge is 0.480 e. The lowest BCUT2D eigenvalue weighted by Crippen LogP contribution is -2.50. The van der Waals surface area contributed by atoms with Crippen molar-refractivity contribution in [1.82, 2.24) is 5.32 Å². The van der Waals surface area contributed by atoms with Crippen molar-refractivity contribution < 1.29 is 14.6 Å². The van der Waals surface area contributed by atoms with Crippen molar-refractivity contribution in [2.75, 3.05) is 19.8 Å². The summed E-state index contributed by atoms with van der Waals surface area (Å²) in [7, 11) is 0. The Bertz CT molecular complexity index is 233. The highest BCUT2D eigenvalue weighted by atomic mass is 16.5. The van der Waals surface area contributed by atoms with Crippen LogP contribution >= 0.6 is 0 Å². The van der Waals surface area contributed by atoms with Gasteiger partial charge >= 0.3 is 5.97 Å². The van der Waals surface area contributed by atoms with Gasteiger partial charge in [-0.1, -0.05) is 39.5 Å². The standard InChI is InChI=1S/C15H31NO3/c1-4-6-7-8-9-12-19-13-10-15(3,14(17)18)16-11-5-2/h16H,4-13H2,1-3H3,(H,17,18). The number of nitrogens with one attached hydrogen (secondary N) is 1. The maximum atomic E-state index is 11.2. The summed E-state index contributed by atoms with van der Waals surface area (Å²) < 4.78 is 5.54. The van der Waals surface area contributed by atoms with Crippen LogP contribution in [0.3, 0.4) is 0 Å². The molecular formula is C15H31NO3. The van der Waals surface area contributed by atoms with Gasteiger partial charge in [0.15, 0.2) is 0 Å². The van der Waals surface area contributed by atoms with Gasteiger partial charge < -0.3 is 15.2 Å².